The van der Waals surface area contributed by atoms with Crippen molar-refractivity contribution in [2.45, 2.75) is 24.1 Å². The summed E-state index contributed by atoms with van der Waals surface area (Å²) >= 11 is 23.1. The van der Waals surface area contributed by atoms with Crippen LogP contribution in [-0.2, 0) is 6.42 Å². The third-order valence-corrected chi connectivity index (χ3v) is 2.82. The smallest absolute Gasteiger partial charge is 0.0840 e. The normalized spacial score (nSPS) is 11.9. The summed E-state index contributed by atoms with van der Waals surface area (Å²) in [6.45, 7) is 3.89. The van der Waals surface area contributed by atoms with Gasteiger partial charge in [0, 0.05) is 11.4 Å². The minimum Gasteiger partial charge on any atom is -0.0840 e. The van der Waals surface area contributed by atoms with Crippen molar-refractivity contribution in [2.75, 3.05) is 0 Å². The summed E-state index contributed by atoms with van der Waals surface area (Å²) in [6, 6.07) is 3.85. The second-order valence-corrected chi connectivity index (χ2v) is 6.24. The van der Waals surface area contributed by atoms with Crippen molar-refractivity contribution in [1.82, 2.24) is 0 Å². The lowest BCUT2D eigenvalue weighted by molar-refractivity contribution is 0.999. The number of benzene rings is 1. The molecule has 0 aliphatic rings. The van der Waals surface area contributed by atoms with Crippen molar-refractivity contribution >= 4 is 46.4 Å². The summed E-state index contributed by atoms with van der Waals surface area (Å²) in [4.78, 5) is 0. The highest BCUT2D eigenvalue weighted by Gasteiger charge is 2.21. The molecule has 0 saturated heterocycles. The molecule has 0 radical (unpaired) electrons. The first-order chi connectivity index (χ1) is 6.29. The Morgan fingerprint density at radius 3 is 2.14 bits per heavy atom. The average Bonchev–Trinajstić information content (AvgIpc) is 1.97. The summed E-state index contributed by atoms with van der Waals surface area (Å²) in [5.41, 5.74) is 3.07. The summed E-state index contributed by atoms with van der Waals surface area (Å²) in [5.74, 6) is 0. The van der Waals surface area contributed by atoms with E-state index in [9.17, 15) is 0 Å². The zero-order valence-electron chi connectivity index (χ0n) is 7.87. The van der Waals surface area contributed by atoms with Crippen molar-refractivity contribution in [1.29, 1.82) is 0 Å². The molecule has 0 saturated carbocycles. The molecule has 0 aromatic heterocycles. The maximum Gasteiger partial charge on any atom is 0.194 e. The summed E-state index contributed by atoms with van der Waals surface area (Å²) in [7, 11) is 0. The molecule has 0 amide bonds. The third-order valence-electron chi connectivity index (χ3n) is 2.01. The lowest BCUT2D eigenvalue weighted by atomic mass is 10.0. The van der Waals surface area contributed by atoms with Crippen LogP contribution < -0.4 is 0 Å². The van der Waals surface area contributed by atoms with Gasteiger partial charge in [-0.1, -0.05) is 52.5 Å². The molecule has 0 aliphatic heterocycles. The number of hydrogen-bond acceptors (Lipinski definition) is 0. The Morgan fingerprint density at radius 2 is 1.64 bits per heavy atom. The minimum absolute atomic E-state index is 0.404. The third kappa shape index (κ3) is 3.51. The average molecular weight is 272 g/mol. The first-order valence-corrected chi connectivity index (χ1v) is 5.63. The quantitative estimate of drug-likeness (QED) is 0.640. The van der Waals surface area contributed by atoms with Crippen LogP contribution in [0.4, 0.5) is 0 Å². The van der Waals surface area contributed by atoms with Crippen molar-refractivity contribution in [2.24, 2.45) is 0 Å². The Balaban J connectivity index is 3.04. The van der Waals surface area contributed by atoms with Crippen LogP contribution in [0.3, 0.4) is 0 Å². The van der Waals surface area contributed by atoms with Crippen molar-refractivity contribution in [3.8, 4) is 0 Å². The van der Waals surface area contributed by atoms with Crippen LogP contribution in [0.1, 0.15) is 16.7 Å². The number of halogens is 4. The maximum absolute atomic E-state index is 5.96. The fraction of sp³-hybridized carbons (Fsp3) is 0.400. The summed E-state index contributed by atoms with van der Waals surface area (Å²) in [5, 5.41) is 0.746. The molecule has 1 rings (SSSR count). The predicted octanol–water partition coefficient (Wildman–Crippen LogP) is 4.87. The minimum atomic E-state index is -1.25. The largest absolute Gasteiger partial charge is 0.194 e. The van der Waals surface area contributed by atoms with Crippen LogP contribution >= 0.6 is 46.4 Å². The number of alkyl halides is 3. The van der Waals surface area contributed by atoms with Gasteiger partial charge in [-0.3, -0.25) is 0 Å². The molecule has 14 heavy (non-hydrogen) atoms. The van der Waals surface area contributed by atoms with Gasteiger partial charge in [0.05, 0.1) is 0 Å². The van der Waals surface area contributed by atoms with Gasteiger partial charge in [-0.15, -0.1) is 0 Å². The first-order valence-electron chi connectivity index (χ1n) is 4.12. The molecule has 0 fully saturated rings. The van der Waals surface area contributed by atoms with Gasteiger partial charge in [-0.05, 0) is 36.6 Å². The Bertz CT molecular complexity index is 339. The monoisotopic (exact) mass is 270 g/mol. The van der Waals surface area contributed by atoms with Crippen molar-refractivity contribution in [3.05, 3.63) is 33.8 Å². The molecule has 0 N–H and O–H groups in total. The molecule has 0 spiro atoms. The number of aryl methyl sites for hydroxylation is 2. The second kappa shape index (κ2) is 4.49. The van der Waals surface area contributed by atoms with E-state index in [0.29, 0.717) is 6.42 Å². The van der Waals surface area contributed by atoms with E-state index in [1.54, 1.807) is 0 Å². The Labute approximate surface area is 104 Å². The molecule has 0 heterocycles. The van der Waals surface area contributed by atoms with E-state index in [4.69, 9.17) is 46.4 Å². The number of hydrogen-bond donors (Lipinski definition) is 0. The van der Waals surface area contributed by atoms with E-state index in [1.807, 2.05) is 26.0 Å². The van der Waals surface area contributed by atoms with Crippen LogP contribution in [-0.4, -0.2) is 3.79 Å². The molecule has 4 heteroatoms. The molecule has 0 unspecified atom stereocenters. The molecule has 0 atom stereocenters. The van der Waals surface area contributed by atoms with Crippen LogP contribution in [0.15, 0.2) is 12.1 Å². The lowest BCUT2D eigenvalue weighted by Crippen LogP contribution is -2.08. The van der Waals surface area contributed by atoms with Gasteiger partial charge in [-0.25, -0.2) is 0 Å². The SMILES string of the molecule is Cc1cc(CC(Cl)(Cl)Cl)c(C)cc1Cl. The fourth-order valence-electron chi connectivity index (χ4n) is 1.25. The second-order valence-electron chi connectivity index (χ2n) is 3.32. The molecule has 0 aliphatic carbocycles. The van der Waals surface area contributed by atoms with Gasteiger partial charge < -0.3 is 0 Å². The topological polar surface area (TPSA) is 0 Å². The lowest BCUT2D eigenvalue weighted by Gasteiger charge is -2.14. The zero-order valence-corrected chi connectivity index (χ0v) is 10.9. The van der Waals surface area contributed by atoms with Gasteiger partial charge in [0.15, 0.2) is 3.79 Å². The first kappa shape index (κ1) is 12.4. The van der Waals surface area contributed by atoms with E-state index in [2.05, 4.69) is 0 Å². The van der Waals surface area contributed by atoms with Crippen LogP contribution in [0.2, 0.25) is 5.02 Å². The van der Waals surface area contributed by atoms with Gasteiger partial charge >= 0.3 is 0 Å². The van der Waals surface area contributed by atoms with Crippen LogP contribution in [0, 0.1) is 13.8 Å². The summed E-state index contributed by atoms with van der Waals surface area (Å²) < 4.78 is -1.25. The molecule has 0 nitrogen and oxygen atoms in total. The Morgan fingerprint density at radius 1 is 1.07 bits per heavy atom. The molecule has 78 valence electrons. The van der Waals surface area contributed by atoms with Crippen LogP contribution in [0.5, 0.6) is 0 Å². The van der Waals surface area contributed by atoms with E-state index < -0.39 is 3.79 Å². The van der Waals surface area contributed by atoms with E-state index in [0.717, 1.165) is 21.7 Å². The predicted molar refractivity (Wildman–Crippen MR) is 64.9 cm³/mol. The van der Waals surface area contributed by atoms with Gasteiger partial charge in [0.1, 0.15) is 0 Å². The highest BCUT2D eigenvalue weighted by Crippen LogP contribution is 2.32. The standard InChI is InChI=1S/C10H10Cl4/c1-6-4-9(11)7(2)3-8(6)5-10(12,13)14/h3-4H,5H2,1-2H3. The van der Waals surface area contributed by atoms with Gasteiger partial charge in [0.2, 0.25) is 0 Å². The summed E-state index contributed by atoms with van der Waals surface area (Å²) in [6.07, 6.45) is 0.404. The van der Waals surface area contributed by atoms with E-state index in [1.165, 1.54) is 0 Å². The number of rotatable bonds is 1. The Kier molecular flexibility index (Phi) is 3.99. The van der Waals surface area contributed by atoms with Gasteiger partial charge in [-0.2, -0.15) is 0 Å². The molecular weight excluding hydrogens is 262 g/mol. The van der Waals surface area contributed by atoms with Gasteiger partial charge in [0.25, 0.3) is 0 Å². The molecular formula is C10H10Cl4. The zero-order chi connectivity index (χ0) is 10.9. The highest BCUT2D eigenvalue weighted by atomic mass is 35.6. The molecule has 1 aromatic carbocycles. The van der Waals surface area contributed by atoms with E-state index >= 15 is 0 Å². The van der Waals surface area contributed by atoms with Crippen molar-refractivity contribution < 1.29 is 0 Å². The van der Waals surface area contributed by atoms with Crippen LogP contribution in [0.25, 0.3) is 0 Å². The fourth-order valence-corrected chi connectivity index (χ4v) is 1.90. The van der Waals surface area contributed by atoms with E-state index in [-0.39, 0.29) is 0 Å². The Hall–Kier alpha value is 0.380. The van der Waals surface area contributed by atoms with Crippen molar-refractivity contribution in [3.63, 3.8) is 0 Å². The maximum atomic E-state index is 5.96. The molecule has 0 bridgehead atoms. The highest BCUT2D eigenvalue weighted by molar-refractivity contribution is 6.67. The molecule has 1 aromatic rings.